The number of rotatable bonds is 4. The predicted molar refractivity (Wildman–Crippen MR) is 81.6 cm³/mol. The van der Waals surface area contributed by atoms with E-state index in [1.807, 2.05) is 11.7 Å². The van der Waals surface area contributed by atoms with Gasteiger partial charge in [0, 0.05) is 13.5 Å². The number of nitriles is 1. The summed E-state index contributed by atoms with van der Waals surface area (Å²) in [4.78, 5) is 0. The smallest absolute Gasteiger partial charge is 0.0850 e. The molecular weight excluding hydrogens is 270 g/mol. The molecule has 3 nitrogen and oxygen atoms in total. The zero-order chi connectivity index (χ0) is 14.8. The molecule has 110 valence electrons. The zero-order valence-electron chi connectivity index (χ0n) is 12.7. The number of hydrogen-bond donors (Lipinski definition) is 0. The van der Waals surface area contributed by atoms with Gasteiger partial charge in [0.2, 0.25) is 0 Å². The Morgan fingerprint density at radius 2 is 2.25 bits per heavy atom. The van der Waals surface area contributed by atoms with Gasteiger partial charge in [-0.25, -0.2) is 0 Å². The fraction of sp³-hybridized carbons (Fsp3) is 0.750. The number of halogens is 1. The van der Waals surface area contributed by atoms with Gasteiger partial charge in [-0.2, -0.15) is 10.4 Å². The number of hydrogen-bond acceptors (Lipinski definition) is 2. The van der Waals surface area contributed by atoms with Crippen LogP contribution in [0.25, 0.3) is 0 Å². The van der Waals surface area contributed by atoms with Crippen molar-refractivity contribution in [2.45, 2.75) is 58.8 Å². The summed E-state index contributed by atoms with van der Waals surface area (Å²) in [5.41, 5.74) is 1.73. The summed E-state index contributed by atoms with van der Waals surface area (Å²) in [6.07, 6.45) is 7.16. The van der Waals surface area contributed by atoms with Gasteiger partial charge in [-0.05, 0) is 25.2 Å². The molecule has 0 bridgehead atoms. The third-order valence-electron chi connectivity index (χ3n) is 4.77. The fourth-order valence-electron chi connectivity index (χ4n) is 3.47. The van der Waals surface area contributed by atoms with Gasteiger partial charge >= 0.3 is 0 Å². The van der Waals surface area contributed by atoms with E-state index in [-0.39, 0.29) is 5.41 Å². The summed E-state index contributed by atoms with van der Waals surface area (Å²) in [5, 5.41) is 15.0. The molecule has 1 aliphatic rings. The molecule has 1 saturated carbocycles. The molecule has 1 aliphatic carbocycles. The highest BCUT2D eigenvalue weighted by Crippen LogP contribution is 2.43. The molecule has 1 aromatic rings. The van der Waals surface area contributed by atoms with E-state index in [0.29, 0.717) is 5.92 Å². The van der Waals surface area contributed by atoms with Crippen LogP contribution in [0.1, 0.15) is 57.3 Å². The molecule has 2 atom stereocenters. The number of aromatic nitrogens is 2. The predicted octanol–water partition coefficient (Wildman–Crippen LogP) is 4.29. The van der Waals surface area contributed by atoms with Crippen LogP contribution in [0.2, 0.25) is 5.02 Å². The Labute approximate surface area is 126 Å². The third-order valence-corrected chi connectivity index (χ3v) is 5.21. The average molecular weight is 294 g/mol. The summed E-state index contributed by atoms with van der Waals surface area (Å²) in [6, 6.07) is 2.61. The second-order valence-electron chi connectivity index (χ2n) is 6.12. The minimum Gasteiger partial charge on any atom is -0.271 e. The quantitative estimate of drug-likeness (QED) is 0.831. The molecule has 0 radical (unpaired) electrons. The van der Waals surface area contributed by atoms with Crippen LogP contribution in [-0.2, 0) is 19.9 Å². The first-order valence-electron chi connectivity index (χ1n) is 7.66. The van der Waals surface area contributed by atoms with Crippen molar-refractivity contribution in [3.05, 3.63) is 16.4 Å². The van der Waals surface area contributed by atoms with Crippen LogP contribution < -0.4 is 0 Å². The van der Waals surface area contributed by atoms with Crippen LogP contribution in [0.3, 0.4) is 0 Å². The summed E-state index contributed by atoms with van der Waals surface area (Å²) in [7, 11) is 1.94. The van der Waals surface area contributed by atoms with Crippen molar-refractivity contribution in [1.82, 2.24) is 9.78 Å². The fourth-order valence-corrected chi connectivity index (χ4v) is 3.83. The Kier molecular flexibility index (Phi) is 4.75. The summed E-state index contributed by atoms with van der Waals surface area (Å²) in [5.74, 6) is 0.682. The number of nitrogens with zero attached hydrogens (tertiary/aromatic N) is 3. The van der Waals surface area contributed by atoms with E-state index >= 15 is 0 Å². The first-order valence-corrected chi connectivity index (χ1v) is 8.04. The Bertz CT molecular complexity index is 515. The average Bonchev–Trinajstić information content (AvgIpc) is 2.74. The van der Waals surface area contributed by atoms with E-state index < -0.39 is 0 Å². The molecule has 1 fully saturated rings. The SMILES string of the molecule is CCc1nn(C)c(CC2(C#N)CCCC(CC)C2)c1Cl. The van der Waals surface area contributed by atoms with Crippen LogP contribution in [0, 0.1) is 22.7 Å². The van der Waals surface area contributed by atoms with E-state index in [2.05, 4.69) is 25.0 Å². The molecule has 1 heterocycles. The molecule has 0 spiro atoms. The Morgan fingerprint density at radius 3 is 2.80 bits per heavy atom. The monoisotopic (exact) mass is 293 g/mol. The Morgan fingerprint density at radius 1 is 1.50 bits per heavy atom. The third kappa shape index (κ3) is 2.86. The van der Waals surface area contributed by atoms with Crippen LogP contribution >= 0.6 is 11.6 Å². The molecule has 2 rings (SSSR count). The highest BCUT2D eigenvalue weighted by Gasteiger charge is 2.37. The first kappa shape index (κ1) is 15.4. The van der Waals surface area contributed by atoms with E-state index in [0.717, 1.165) is 48.5 Å². The van der Waals surface area contributed by atoms with E-state index in [4.69, 9.17) is 11.6 Å². The van der Waals surface area contributed by atoms with Gasteiger partial charge in [0.15, 0.2) is 0 Å². The summed E-state index contributed by atoms with van der Waals surface area (Å²) in [6.45, 7) is 4.29. The molecular formula is C16H24ClN3. The van der Waals surface area contributed by atoms with Gasteiger partial charge in [0.1, 0.15) is 0 Å². The zero-order valence-corrected chi connectivity index (χ0v) is 13.5. The van der Waals surface area contributed by atoms with Crippen LogP contribution in [0.5, 0.6) is 0 Å². The topological polar surface area (TPSA) is 41.6 Å². The molecule has 1 aromatic heterocycles. The highest BCUT2D eigenvalue weighted by atomic mass is 35.5. The molecule has 0 aliphatic heterocycles. The van der Waals surface area contributed by atoms with Crippen LogP contribution in [0.15, 0.2) is 0 Å². The molecule has 4 heteroatoms. The van der Waals surface area contributed by atoms with Crippen LogP contribution in [-0.4, -0.2) is 9.78 Å². The van der Waals surface area contributed by atoms with Gasteiger partial charge in [-0.3, -0.25) is 4.68 Å². The molecule has 0 N–H and O–H groups in total. The van der Waals surface area contributed by atoms with E-state index in [9.17, 15) is 5.26 Å². The van der Waals surface area contributed by atoms with Crippen molar-refractivity contribution in [2.24, 2.45) is 18.4 Å². The van der Waals surface area contributed by atoms with Crippen LogP contribution in [0.4, 0.5) is 0 Å². The van der Waals surface area contributed by atoms with Gasteiger partial charge < -0.3 is 0 Å². The normalized spacial score (nSPS) is 26.4. The van der Waals surface area contributed by atoms with Gasteiger partial charge in [-0.1, -0.05) is 44.7 Å². The standard InChI is InChI=1S/C16H24ClN3/c1-4-12-7-6-8-16(9-12,11-18)10-14-15(17)13(5-2)19-20(14)3/h12H,4-10H2,1-3H3. The second kappa shape index (κ2) is 6.18. The van der Waals surface area contributed by atoms with Crippen molar-refractivity contribution in [1.29, 1.82) is 5.26 Å². The molecule has 0 saturated heterocycles. The Hall–Kier alpha value is -1.01. The van der Waals surface area contributed by atoms with Crippen molar-refractivity contribution >= 4 is 11.6 Å². The molecule has 2 unspecified atom stereocenters. The minimum absolute atomic E-state index is 0.249. The van der Waals surface area contributed by atoms with E-state index in [1.54, 1.807) is 0 Å². The lowest BCUT2D eigenvalue weighted by Gasteiger charge is -2.35. The van der Waals surface area contributed by atoms with Crippen molar-refractivity contribution < 1.29 is 0 Å². The Balaban J connectivity index is 2.27. The number of aryl methyl sites for hydroxylation is 2. The van der Waals surface area contributed by atoms with Crippen molar-refractivity contribution in [3.63, 3.8) is 0 Å². The van der Waals surface area contributed by atoms with Gasteiger partial charge in [-0.15, -0.1) is 0 Å². The maximum atomic E-state index is 9.74. The van der Waals surface area contributed by atoms with Gasteiger partial charge in [0.25, 0.3) is 0 Å². The van der Waals surface area contributed by atoms with Gasteiger partial charge in [0.05, 0.1) is 27.9 Å². The van der Waals surface area contributed by atoms with Crippen molar-refractivity contribution in [3.8, 4) is 6.07 Å². The largest absolute Gasteiger partial charge is 0.271 e. The second-order valence-corrected chi connectivity index (χ2v) is 6.50. The first-order chi connectivity index (χ1) is 9.55. The van der Waals surface area contributed by atoms with Crippen molar-refractivity contribution in [2.75, 3.05) is 0 Å². The molecule has 0 amide bonds. The molecule has 0 aromatic carbocycles. The lowest BCUT2D eigenvalue weighted by atomic mass is 9.67. The molecule has 20 heavy (non-hydrogen) atoms. The van der Waals surface area contributed by atoms with E-state index in [1.165, 1.54) is 12.8 Å². The lowest BCUT2D eigenvalue weighted by molar-refractivity contribution is 0.191. The highest BCUT2D eigenvalue weighted by molar-refractivity contribution is 6.31. The maximum absolute atomic E-state index is 9.74. The summed E-state index contributed by atoms with van der Waals surface area (Å²) < 4.78 is 1.87. The maximum Gasteiger partial charge on any atom is 0.0850 e. The summed E-state index contributed by atoms with van der Waals surface area (Å²) >= 11 is 6.45. The minimum atomic E-state index is -0.249. The lowest BCUT2D eigenvalue weighted by Crippen LogP contribution is -2.30.